The fourth-order valence-electron chi connectivity index (χ4n) is 3.10. The van der Waals surface area contributed by atoms with E-state index in [2.05, 4.69) is 5.32 Å². The number of anilines is 1. The van der Waals surface area contributed by atoms with Gasteiger partial charge in [0.1, 0.15) is 0 Å². The fourth-order valence-corrected chi connectivity index (χ4v) is 4.03. The molecule has 0 aromatic heterocycles. The van der Waals surface area contributed by atoms with Crippen molar-refractivity contribution < 1.29 is 19.5 Å². The van der Waals surface area contributed by atoms with Gasteiger partial charge in [-0.25, -0.2) is 0 Å². The van der Waals surface area contributed by atoms with Crippen LogP contribution >= 0.6 is 11.8 Å². The molecule has 24 heavy (non-hydrogen) atoms. The van der Waals surface area contributed by atoms with Crippen molar-refractivity contribution in [3.05, 3.63) is 23.8 Å². The zero-order valence-electron chi connectivity index (χ0n) is 13.6. The minimum atomic E-state index is -0.859. The van der Waals surface area contributed by atoms with Gasteiger partial charge in [-0.15, -0.1) is 11.8 Å². The third-order valence-electron chi connectivity index (χ3n) is 4.65. The first-order chi connectivity index (χ1) is 11.4. The topological polar surface area (TPSA) is 86.7 Å². The maximum Gasteiger partial charge on any atom is 0.308 e. The minimum absolute atomic E-state index is 0.00752. The number of nitrogens with one attached hydrogen (secondary N) is 1. The average Bonchev–Trinajstić information content (AvgIpc) is 2.55. The lowest BCUT2D eigenvalue weighted by Crippen LogP contribution is -2.47. The van der Waals surface area contributed by atoms with Gasteiger partial charge in [-0.2, -0.15) is 0 Å². The monoisotopic (exact) mass is 348 g/mol. The third-order valence-corrected chi connectivity index (χ3v) is 5.83. The molecule has 0 bridgehead atoms. The molecule has 2 heterocycles. The highest BCUT2D eigenvalue weighted by Crippen LogP contribution is 2.36. The second-order valence-corrected chi connectivity index (χ2v) is 7.76. The molecule has 2 aliphatic rings. The van der Waals surface area contributed by atoms with Gasteiger partial charge in [-0.05, 0) is 44.9 Å². The number of likely N-dealkylation sites (tertiary alicyclic amines) is 1. The number of fused-ring (bicyclic) bond motifs is 1. The summed E-state index contributed by atoms with van der Waals surface area (Å²) in [5.74, 6) is -1.63. The molecule has 7 heteroatoms. The molecule has 1 aromatic rings. The summed E-state index contributed by atoms with van der Waals surface area (Å²) >= 11 is 1.47. The van der Waals surface area contributed by atoms with E-state index in [-0.39, 0.29) is 29.7 Å². The Balaban J connectivity index is 1.83. The van der Waals surface area contributed by atoms with E-state index in [0.29, 0.717) is 24.1 Å². The quantitative estimate of drug-likeness (QED) is 0.857. The Morgan fingerprint density at radius 3 is 2.75 bits per heavy atom. The lowest BCUT2D eigenvalue weighted by molar-refractivity contribution is -0.143. The number of rotatable bonds is 2. The van der Waals surface area contributed by atoms with Crippen molar-refractivity contribution >= 4 is 35.2 Å². The number of nitrogens with zero attached hydrogens (tertiary/aromatic N) is 1. The van der Waals surface area contributed by atoms with Crippen LogP contribution in [0.5, 0.6) is 0 Å². The van der Waals surface area contributed by atoms with Crippen LogP contribution in [-0.4, -0.2) is 45.6 Å². The Kier molecular flexibility index (Phi) is 4.54. The van der Waals surface area contributed by atoms with Crippen molar-refractivity contribution in [3.8, 4) is 0 Å². The molecule has 3 rings (SSSR count). The van der Waals surface area contributed by atoms with Gasteiger partial charge in [0.2, 0.25) is 5.91 Å². The molecule has 0 aliphatic carbocycles. The second kappa shape index (κ2) is 6.47. The first-order valence-corrected chi connectivity index (χ1v) is 8.90. The molecule has 3 unspecified atom stereocenters. The maximum absolute atomic E-state index is 12.8. The standard InChI is InChI=1S/C17H20N2O4S/c1-9-3-4-12(17(22)23)8-19(9)16(21)11-5-6-14-13(7-11)18-15(20)10(2)24-14/h5-7,9-10,12H,3-4,8H2,1-2H3,(H,18,20)(H,22,23). The lowest BCUT2D eigenvalue weighted by atomic mass is 9.93. The minimum Gasteiger partial charge on any atom is -0.481 e. The van der Waals surface area contributed by atoms with Gasteiger partial charge in [-0.3, -0.25) is 14.4 Å². The number of piperidine rings is 1. The largest absolute Gasteiger partial charge is 0.481 e. The van der Waals surface area contributed by atoms with E-state index in [1.807, 2.05) is 19.9 Å². The maximum atomic E-state index is 12.8. The van der Waals surface area contributed by atoms with Crippen molar-refractivity contribution in [2.24, 2.45) is 5.92 Å². The first kappa shape index (κ1) is 16.8. The smallest absolute Gasteiger partial charge is 0.308 e. The van der Waals surface area contributed by atoms with Gasteiger partial charge in [0.05, 0.1) is 16.9 Å². The van der Waals surface area contributed by atoms with E-state index >= 15 is 0 Å². The number of amides is 2. The molecule has 2 N–H and O–H groups in total. The summed E-state index contributed by atoms with van der Waals surface area (Å²) in [5, 5.41) is 11.9. The number of benzene rings is 1. The molecule has 0 saturated carbocycles. The third kappa shape index (κ3) is 3.13. The summed E-state index contributed by atoms with van der Waals surface area (Å²) in [6, 6.07) is 5.28. The summed E-state index contributed by atoms with van der Waals surface area (Å²) in [4.78, 5) is 38.4. The Hall–Kier alpha value is -2.02. The molecule has 0 radical (unpaired) electrons. The molecule has 3 atom stereocenters. The number of carboxylic acid groups (broad SMARTS) is 1. The van der Waals surface area contributed by atoms with Crippen LogP contribution in [0.4, 0.5) is 5.69 Å². The average molecular weight is 348 g/mol. The lowest BCUT2D eigenvalue weighted by Gasteiger charge is -2.36. The van der Waals surface area contributed by atoms with Crippen LogP contribution in [0.3, 0.4) is 0 Å². The Bertz CT molecular complexity index is 706. The van der Waals surface area contributed by atoms with E-state index in [9.17, 15) is 19.5 Å². The molecule has 1 saturated heterocycles. The van der Waals surface area contributed by atoms with Gasteiger partial charge in [-0.1, -0.05) is 0 Å². The van der Waals surface area contributed by atoms with Crippen molar-refractivity contribution in [3.63, 3.8) is 0 Å². The van der Waals surface area contributed by atoms with Crippen LogP contribution in [-0.2, 0) is 9.59 Å². The van der Waals surface area contributed by atoms with Crippen LogP contribution in [0.1, 0.15) is 37.0 Å². The van der Waals surface area contributed by atoms with Gasteiger partial charge >= 0.3 is 5.97 Å². The zero-order valence-corrected chi connectivity index (χ0v) is 14.4. The SMILES string of the molecule is CC1Sc2ccc(C(=O)N3CC(C(=O)O)CCC3C)cc2NC1=O. The number of hydrogen-bond donors (Lipinski definition) is 2. The first-order valence-electron chi connectivity index (χ1n) is 8.02. The summed E-state index contributed by atoms with van der Waals surface area (Å²) in [6.45, 7) is 4.00. The van der Waals surface area contributed by atoms with Crippen LogP contribution < -0.4 is 5.32 Å². The van der Waals surface area contributed by atoms with E-state index in [4.69, 9.17) is 0 Å². The highest BCUT2D eigenvalue weighted by Gasteiger charge is 2.33. The van der Waals surface area contributed by atoms with E-state index < -0.39 is 11.9 Å². The number of hydrogen-bond acceptors (Lipinski definition) is 4. The molecule has 1 fully saturated rings. The van der Waals surface area contributed by atoms with Gasteiger partial charge < -0.3 is 15.3 Å². The highest BCUT2D eigenvalue weighted by molar-refractivity contribution is 8.00. The van der Waals surface area contributed by atoms with E-state index in [0.717, 1.165) is 4.90 Å². The van der Waals surface area contributed by atoms with E-state index in [1.54, 1.807) is 17.0 Å². The Labute approximate surface area is 144 Å². The van der Waals surface area contributed by atoms with Crippen LogP contribution in [0, 0.1) is 5.92 Å². The predicted octanol–water partition coefficient (Wildman–Crippen LogP) is 2.44. The van der Waals surface area contributed by atoms with Crippen molar-refractivity contribution in [1.82, 2.24) is 4.90 Å². The van der Waals surface area contributed by atoms with Crippen molar-refractivity contribution in [2.75, 3.05) is 11.9 Å². The molecule has 0 spiro atoms. The number of carboxylic acids is 1. The highest BCUT2D eigenvalue weighted by atomic mass is 32.2. The molecular formula is C17H20N2O4S. The van der Waals surface area contributed by atoms with E-state index in [1.165, 1.54) is 11.8 Å². The second-order valence-electron chi connectivity index (χ2n) is 6.38. The number of carbonyl (C=O) groups is 3. The van der Waals surface area contributed by atoms with Gasteiger partial charge in [0.25, 0.3) is 5.91 Å². The number of aliphatic carboxylic acids is 1. The van der Waals surface area contributed by atoms with Crippen molar-refractivity contribution in [1.29, 1.82) is 0 Å². The van der Waals surface area contributed by atoms with Crippen molar-refractivity contribution in [2.45, 2.75) is 42.9 Å². The van der Waals surface area contributed by atoms with Crippen LogP contribution in [0.25, 0.3) is 0 Å². The molecular weight excluding hydrogens is 328 g/mol. The summed E-state index contributed by atoms with van der Waals surface area (Å²) < 4.78 is 0. The Morgan fingerprint density at radius 1 is 1.29 bits per heavy atom. The molecule has 2 aliphatic heterocycles. The van der Waals surface area contributed by atoms with Crippen LogP contribution in [0.2, 0.25) is 0 Å². The normalized spacial score (nSPS) is 26.5. The van der Waals surface area contributed by atoms with Gasteiger partial charge in [0.15, 0.2) is 0 Å². The predicted molar refractivity (Wildman–Crippen MR) is 91.2 cm³/mol. The molecule has 2 amide bonds. The molecule has 1 aromatic carbocycles. The molecule has 128 valence electrons. The summed E-state index contributed by atoms with van der Waals surface area (Å²) in [6.07, 6.45) is 1.27. The Morgan fingerprint density at radius 2 is 2.04 bits per heavy atom. The zero-order chi connectivity index (χ0) is 17.4. The summed E-state index contributed by atoms with van der Waals surface area (Å²) in [7, 11) is 0. The fraction of sp³-hybridized carbons (Fsp3) is 0.471. The summed E-state index contributed by atoms with van der Waals surface area (Å²) in [5.41, 5.74) is 1.12. The number of carbonyl (C=O) groups excluding carboxylic acids is 2. The van der Waals surface area contributed by atoms with Gasteiger partial charge in [0, 0.05) is 23.0 Å². The molecule has 6 nitrogen and oxygen atoms in total. The number of thioether (sulfide) groups is 1. The van der Waals surface area contributed by atoms with Crippen LogP contribution in [0.15, 0.2) is 23.1 Å².